The fraction of sp³-hybridized carbons (Fsp3) is 0.375. The number of aryl methyl sites for hydroxylation is 1. The first kappa shape index (κ1) is 15.5. The molecule has 1 atom stereocenters. The summed E-state index contributed by atoms with van der Waals surface area (Å²) in [6, 6.07) is 7.63. The highest BCUT2D eigenvalue weighted by atomic mass is 35.5. The van der Waals surface area contributed by atoms with E-state index in [1.807, 2.05) is 43.0 Å². The number of thiazole rings is 1. The SMILES string of the molecule is Cc1nc(-c2cccc(Cl)c2)sc1C(=O)N1CCOCC1C. The third kappa shape index (κ3) is 3.02. The monoisotopic (exact) mass is 336 g/mol. The lowest BCUT2D eigenvalue weighted by molar-refractivity contribution is 0.00381. The predicted octanol–water partition coefficient (Wildman–Crippen LogP) is 3.63. The Morgan fingerprint density at radius 1 is 1.50 bits per heavy atom. The third-order valence-corrected chi connectivity index (χ3v) is 5.12. The number of hydrogen-bond donors (Lipinski definition) is 0. The van der Waals surface area contributed by atoms with E-state index in [2.05, 4.69) is 4.98 Å². The standard InChI is InChI=1S/C16H17ClN2O2S/c1-10-9-21-7-6-19(10)16(20)14-11(2)18-15(22-14)12-4-3-5-13(17)8-12/h3-5,8,10H,6-7,9H2,1-2H3. The topological polar surface area (TPSA) is 42.4 Å². The van der Waals surface area contributed by atoms with Gasteiger partial charge < -0.3 is 9.64 Å². The van der Waals surface area contributed by atoms with Gasteiger partial charge in [0.25, 0.3) is 5.91 Å². The molecule has 0 bridgehead atoms. The summed E-state index contributed by atoms with van der Waals surface area (Å²) < 4.78 is 5.40. The van der Waals surface area contributed by atoms with Crippen LogP contribution in [0.1, 0.15) is 22.3 Å². The summed E-state index contributed by atoms with van der Waals surface area (Å²) in [5.74, 6) is 0.0408. The number of halogens is 1. The molecule has 2 aromatic rings. The van der Waals surface area contributed by atoms with E-state index in [1.165, 1.54) is 11.3 Å². The maximum absolute atomic E-state index is 12.8. The largest absolute Gasteiger partial charge is 0.377 e. The van der Waals surface area contributed by atoms with Gasteiger partial charge in [-0.25, -0.2) is 4.98 Å². The van der Waals surface area contributed by atoms with Gasteiger partial charge in [0.05, 0.1) is 24.9 Å². The molecule has 1 amide bonds. The zero-order chi connectivity index (χ0) is 15.7. The van der Waals surface area contributed by atoms with Gasteiger partial charge in [-0.3, -0.25) is 4.79 Å². The van der Waals surface area contributed by atoms with Crippen molar-refractivity contribution < 1.29 is 9.53 Å². The molecular formula is C16H17ClN2O2S. The third-order valence-electron chi connectivity index (χ3n) is 3.69. The number of benzene rings is 1. The molecular weight excluding hydrogens is 320 g/mol. The van der Waals surface area contributed by atoms with Gasteiger partial charge in [0.15, 0.2) is 0 Å². The zero-order valence-corrected chi connectivity index (χ0v) is 14.1. The average Bonchev–Trinajstić information content (AvgIpc) is 2.89. The minimum Gasteiger partial charge on any atom is -0.377 e. The van der Waals surface area contributed by atoms with E-state index in [-0.39, 0.29) is 11.9 Å². The van der Waals surface area contributed by atoms with Crippen LogP contribution in [-0.2, 0) is 4.74 Å². The van der Waals surface area contributed by atoms with Crippen molar-refractivity contribution in [1.82, 2.24) is 9.88 Å². The van der Waals surface area contributed by atoms with Gasteiger partial charge in [-0.05, 0) is 26.0 Å². The Hall–Kier alpha value is -1.43. The van der Waals surface area contributed by atoms with Crippen molar-refractivity contribution in [2.75, 3.05) is 19.8 Å². The minimum atomic E-state index is 0.0408. The normalized spacial score (nSPS) is 18.5. The van der Waals surface area contributed by atoms with Crippen LogP contribution >= 0.6 is 22.9 Å². The van der Waals surface area contributed by atoms with Crippen LogP contribution in [0.3, 0.4) is 0 Å². The van der Waals surface area contributed by atoms with Gasteiger partial charge in [-0.2, -0.15) is 0 Å². The van der Waals surface area contributed by atoms with Gasteiger partial charge in [0.1, 0.15) is 9.88 Å². The number of amides is 1. The predicted molar refractivity (Wildman–Crippen MR) is 88.6 cm³/mol. The Bertz CT molecular complexity index is 701. The Morgan fingerprint density at radius 3 is 3.05 bits per heavy atom. The first-order chi connectivity index (χ1) is 10.6. The number of carbonyl (C=O) groups excluding carboxylic acids is 1. The highest BCUT2D eigenvalue weighted by Crippen LogP contribution is 2.30. The van der Waals surface area contributed by atoms with E-state index in [0.29, 0.717) is 29.7 Å². The molecule has 0 saturated carbocycles. The summed E-state index contributed by atoms with van der Waals surface area (Å²) in [6.07, 6.45) is 0. The van der Waals surface area contributed by atoms with E-state index >= 15 is 0 Å². The fourth-order valence-corrected chi connectivity index (χ4v) is 3.71. The van der Waals surface area contributed by atoms with Crippen LogP contribution in [0.2, 0.25) is 5.02 Å². The summed E-state index contributed by atoms with van der Waals surface area (Å²) in [4.78, 5) is 19.9. The number of morpholine rings is 1. The second-order valence-corrected chi connectivity index (χ2v) is 6.80. The molecule has 0 spiro atoms. The Kier molecular flexibility index (Phi) is 4.47. The smallest absolute Gasteiger partial charge is 0.266 e. The van der Waals surface area contributed by atoms with Crippen LogP contribution in [0.5, 0.6) is 0 Å². The van der Waals surface area contributed by atoms with E-state index < -0.39 is 0 Å². The van der Waals surface area contributed by atoms with E-state index in [1.54, 1.807) is 0 Å². The highest BCUT2D eigenvalue weighted by Gasteiger charge is 2.27. The highest BCUT2D eigenvalue weighted by molar-refractivity contribution is 7.17. The second kappa shape index (κ2) is 6.36. The van der Waals surface area contributed by atoms with Crippen molar-refractivity contribution in [3.05, 3.63) is 39.9 Å². The van der Waals surface area contributed by atoms with Crippen LogP contribution in [0, 0.1) is 6.92 Å². The minimum absolute atomic E-state index is 0.0408. The van der Waals surface area contributed by atoms with Gasteiger partial charge in [-0.15, -0.1) is 11.3 Å². The van der Waals surface area contributed by atoms with E-state index in [0.717, 1.165) is 16.3 Å². The van der Waals surface area contributed by atoms with E-state index in [4.69, 9.17) is 16.3 Å². The lowest BCUT2D eigenvalue weighted by atomic mass is 10.2. The Morgan fingerprint density at radius 2 is 2.32 bits per heavy atom. The maximum atomic E-state index is 12.8. The molecule has 1 aromatic carbocycles. The van der Waals surface area contributed by atoms with Gasteiger partial charge in [0.2, 0.25) is 0 Å². The number of ether oxygens (including phenoxy) is 1. The molecule has 1 aliphatic rings. The molecule has 1 fully saturated rings. The summed E-state index contributed by atoms with van der Waals surface area (Å²) >= 11 is 7.46. The van der Waals surface area contributed by atoms with Crippen molar-refractivity contribution in [1.29, 1.82) is 0 Å². The first-order valence-corrected chi connectivity index (χ1v) is 8.38. The van der Waals surface area contributed by atoms with Crippen molar-refractivity contribution in [3.8, 4) is 10.6 Å². The molecule has 22 heavy (non-hydrogen) atoms. The van der Waals surface area contributed by atoms with E-state index in [9.17, 15) is 4.79 Å². The molecule has 3 rings (SSSR count). The molecule has 0 aliphatic carbocycles. The van der Waals surface area contributed by atoms with Crippen LogP contribution < -0.4 is 0 Å². The van der Waals surface area contributed by atoms with Crippen molar-refractivity contribution in [3.63, 3.8) is 0 Å². The molecule has 1 saturated heterocycles. The Labute approximate surface area is 138 Å². The zero-order valence-electron chi connectivity index (χ0n) is 12.5. The lowest BCUT2D eigenvalue weighted by Gasteiger charge is -2.33. The van der Waals surface area contributed by atoms with Crippen LogP contribution in [0.25, 0.3) is 10.6 Å². The van der Waals surface area contributed by atoms with Crippen LogP contribution in [0.15, 0.2) is 24.3 Å². The fourth-order valence-electron chi connectivity index (χ4n) is 2.50. The summed E-state index contributed by atoms with van der Waals surface area (Å²) in [5.41, 5.74) is 1.71. The molecule has 4 nitrogen and oxygen atoms in total. The van der Waals surface area contributed by atoms with Gasteiger partial charge in [0, 0.05) is 17.1 Å². The summed E-state index contributed by atoms with van der Waals surface area (Å²) in [7, 11) is 0. The molecule has 1 aromatic heterocycles. The molecule has 1 aliphatic heterocycles. The van der Waals surface area contributed by atoms with Gasteiger partial charge in [-0.1, -0.05) is 23.7 Å². The van der Waals surface area contributed by atoms with Crippen molar-refractivity contribution in [2.45, 2.75) is 19.9 Å². The molecule has 116 valence electrons. The Balaban J connectivity index is 1.90. The van der Waals surface area contributed by atoms with Crippen molar-refractivity contribution in [2.24, 2.45) is 0 Å². The number of rotatable bonds is 2. The molecule has 2 heterocycles. The lowest BCUT2D eigenvalue weighted by Crippen LogP contribution is -2.47. The number of aromatic nitrogens is 1. The molecule has 0 radical (unpaired) electrons. The quantitative estimate of drug-likeness (QED) is 0.841. The average molecular weight is 337 g/mol. The first-order valence-electron chi connectivity index (χ1n) is 7.18. The second-order valence-electron chi connectivity index (χ2n) is 5.37. The van der Waals surface area contributed by atoms with Crippen LogP contribution in [-0.4, -0.2) is 41.6 Å². The van der Waals surface area contributed by atoms with Gasteiger partial charge >= 0.3 is 0 Å². The number of hydrogen-bond acceptors (Lipinski definition) is 4. The number of carbonyl (C=O) groups is 1. The van der Waals surface area contributed by atoms with Crippen molar-refractivity contribution >= 4 is 28.8 Å². The summed E-state index contributed by atoms with van der Waals surface area (Å²) in [5, 5.41) is 1.49. The molecule has 0 N–H and O–H groups in total. The molecule has 6 heteroatoms. The molecule has 1 unspecified atom stereocenters. The number of nitrogens with zero attached hydrogens (tertiary/aromatic N) is 2. The summed E-state index contributed by atoms with van der Waals surface area (Å²) in [6.45, 7) is 5.69. The van der Waals surface area contributed by atoms with Crippen LogP contribution in [0.4, 0.5) is 0 Å². The maximum Gasteiger partial charge on any atom is 0.266 e.